The maximum Gasteiger partial charge on any atom is 0.159 e. The first-order chi connectivity index (χ1) is 6.20. The summed E-state index contributed by atoms with van der Waals surface area (Å²) >= 11 is 3.51. The van der Waals surface area contributed by atoms with Gasteiger partial charge in [-0.15, -0.1) is 0 Å². The van der Waals surface area contributed by atoms with E-state index in [1.807, 2.05) is 19.1 Å². The second-order valence-corrected chi connectivity index (χ2v) is 3.80. The van der Waals surface area contributed by atoms with Crippen LogP contribution >= 0.6 is 15.9 Å². The Morgan fingerprint density at radius 3 is 2.85 bits per heavy atom. The monoisotopic (exact) mass is 236 g/mol. The van der Waals surface area contributed by atoms with Crippen molar-refractivity contribution in [1.29, 1.82) is 0 Å². The lowest BCUT2D eigenvalue weighted by molar-refractivity contribution is 1.17. The minimum atomic E-state index is 0.820. The molecule has 0 bridgehead atoms. The Kier molecular flexibility index (Phi) is 2.04. The third-order valence-electron chi connectivity index (χ3n) is 2.11. The lowest BCUT2D eigenvalue weighted by atomic mass is 10.1. The van der Waals surface area contributed by atoms with Crippen LogP contribution in [0.25, 0.3) is 11.0 Å². The summed E-state index contributed by atoms with van der Waals surface area (Å²) < 4.78 is 1.08. The van der Waals surface area contributed by atoms with E-state index in [0.717, 1.165) is 21.2 Å². The van der Waals surface area contributed by atoms with Gasteiger partial charge in [0.25, 0.3) is 0 Å². The number of pyridine rings is 2. The number of rotatable bonds is 0. The Morgan fingerprint density at radius 1 is 1.31 bits per heavy atom. The fraction of sp³-hybridized carbons (Fsp3) is 0.200. The van der Waals surface area contributed by atoms with Crippen LogP contribution in [0.5, 0.6) is 0 Å². The standard InChI is InChI=1S/C10H9BrN2/c1-6-8-4-3-5-12-10(8)13-7(2)9(6)11/h3-5H,1-2H3. The summed E-state index contributed by atoms with van der Waals surface area (Å²) in [6.45, 7) is 4.05. The molecule has 0 radical (unpaired) electrons. The average Bonchev–Trinajstić information content (AvgIpc) is 2.15. The Bertz CT molecular complexity index is 466. The number of fused-ring (bicyclic) bond motifs is 1. The van der Waals surface area contributed by atoms with Crippen LogP contribution in [0, 0.1) is 13.8 Å². The van der Waals surface area contributed by atoms with Crippen molar-refractivity contribution in [2.45, 2.75) is 13.8 Å². The van der Waals surface area contributed by atoms with Gasteiger partial charge in [0.05, 0.1) is 5.69 Å². The molecule has 0 aliphatic carbocycles. The van der Waals surface area contributed by atoms with Gasteiger partial charge in [0.1, 0.15) is 0 Å². The maximum atomic E-state index is 4.38. The molecular weight excluding hydrogens is 228 g/mol. The predicted octanol–water partition coefficient (Wildman–Crippen LogP) is 3.01. The van der Waals surface area contributed by atoms with E-state index in [2.05, 4.69) is 32.8 Å². The van der Waals surface area contributed by atoms with Crippen molar-refractivity contribution < 1.29 is 0 Å². The molecule has 2 nitrogen and oxygen atoms in total. The largest absolute Gasteiger partial charge is 0.237 e. The van der Waals surface area contributed by atoms with Crippen molar-refractivity contribution in [3.8, 4) is 0 Å². The number of aryl methyl sites for hydroxylation is 2. The zero-order chi connectivity index (χ0) is 9.42. The zero-order valence-electron chi connectivity index (χ0n) is 7.50. The summed E-state index contributed by atoms with van der Waals surface area (Å²) in [6, 6.07) is 3.97. The normalized spacial score (nSPS) is 10.7. The zero-order valence-corrected chi connectivity index (χ0v) is 9.09. The average molecular weight is 237 g/mol. The Hall–Kier alpha value is -0.960. The van der Waals surface area contributed by atoms with Crippen molar-refractivity contribution >= 4 is 27.0 Å². The molecule has 0 fully saturated rings. The van der Waals surface area contributed by atoms with Crippen LogP contribution in [0.4, 0.5) is 0 Å². The van der Waals surface area contributed by atoms with Crippen LogP contribution < -0.4 is 0 Å². The molecule has 0 aliphatic rings. The van der Waals surface area contributed by atoms with Crippen LogP contribution in [-0.4, -0.2) is 9.97 Å². The highest BCUT2D eigenvalue weighted by Gasteiger charge is 2.05. The first-order valence-corrected chi connectivity index (χ1v) is 4.87. The third-order valence-corrected chi connectivity index (χ3v) is 3.28. The molecule has 0 unspecified atom stereocenters. The molecule has 0 aromatic carbocycles. The van der Waals surface area contributed by atoms with Gasteiger partial charge < -0.3 is 0 Å². The van der Waals surface area contributed by atoms with Crippen molar-refractivity contribution in [2.75, 3.05) is 0 Å². The van der Waals surface area contributed by atoms with Gasteiger partial charge in [-0.2, -0.15) is 0 Å². The fourth-order valence-electron chi connectivity index (χ4n) is 1.38. The van der Waals surface area contributed by atoms with Crippen LogP contribution in [0.15, 0.2) is 22.8 Å². The van der Waals surface area contributed by atoms with E-state index in [9.17, 15) is 0 Å². The first-order valence-electron chi connectivity index (χ1n) is 4.07. The first kappa shape index (κ1) is 8.63. The SMILES string of the molecule is Cc1nc2ncccc2c(C)c1Br. The molecule has 0 atom stereocenters. The van der Waals surface area contributed by atoms with E-state index in [1.165, 1.54) is 5.56 Å². The van der Waals surface area contributed by atoms with E-state index in [1.54, 1.807) is 6.20 Å². The van der Waals surface area contributed by atoms with Crippen LogP contribution in [0.1, 0.15) is 11.3 Å². The molecule has 0 N–H and O–H groups in total. The molecular formula is C10H9BrN2. The number of aromatic nitrogens is 2. The van der Waals surface area contributed by atoms with E-state index in [0.29, 0.717) is 0 Å². The van der Waals surface area contributed by atoms with E-state index < -0.39 is 0 Å². The molecule has 0 spiro atoms. The number of nitrogens with zero attached hydrogens (tertiary/aromatic N) is 2. The Balaban J connectivity index is 2.94. The minimum Gasteiger partial charge on any atom is -0.237 e. The van der Waals surface area contributed by atoms with Crippen molar-refractivity contribution in [3.05, 3.63) is 34.1 Å². The van der Waals surface area contributed by atoms with Gasteiger partial charge in [-0.1, -0.05) is 0 Å². The van der Waals surface area contributed by atoms with E-state index >= 15 is 0 Å². The summed E-state index contributed by atoms with van der Waals surface area (Å²) in [5.41, 5.74) is 3.01. The smallest absolute Gasteiger partial charge is 0.159 e. The van der Waals surface area contributed by atoms with Gasteiger partial charge in [-0.25, -0.2) is 9.97 Å². The topological polar surface area (TPSA) is 25.8 Å². The summed E-state index contributed by atoms with van der Waals surface area (Å²) in [5.74, 6) is 0. The lowest BCUT2D eigenvalue weighted by Gasteiger charge is -2.05. The molecule has 13 heavy (non-hydrogen) atoms. The summed E-state index contributed by atoms with van der Waals surface area (Å²) in [4.78, 5) is 8.59. The Morgan fingerprint density at radius 2 is 2.08 bits per heavy atom. The highest BCUT2D eigenvalue weighted by atomic mass is 79.9. The van der Waals surface area contributed by atoms with Crippen LogP contribution in [0.2, 0.25) is 0 Å². The molecule has 2 rings (SSSR count). The van der Waals surface area contributed by atoms with Crippen LogP contribution in [0.3, 0.4) is 0 Å². The number of halogens is 1. The molecule has 2 aromatic rings. The van der Waals surface area contributed by atoms with Gasteiger partial charge in [0.2, 0.25) is 0 Å². The van der Waals surface area contributed by atoms with Gasteiger partial charge in [0, 0.05) is 16.1 Å². The molecule has 66 valence electrons. The van der Waals surface area contributed by atoms with Gasteiger partial charge in [-0.3, -0.25) is 0 Å². The summed E-state index contributed by atoms with van der Waals surface area (Å²) in [6.07, 6.45) is 1.77. The lowest BCUT2D eigenvalue weighted by Crippen LogP contribution is -1.91. The maximum absolute atomic E-state index is 4.38. The van der Waals surface area contributed by atoms with Crippen molar-refractivity contribution in [1.82, 2.24) is 9.97 Å². The highest BCUT2D eigenvalue weighted by molar-refractivity contribution is 9.10. The molecule has 2 heterocycles. The van der Waals surface area contributed by atoms with Gasteiger partial charge in [-0.05, 0) is 47.5 Å². The molecule has 0 saturated heterocycles. The molecule has 0 saturated carbocycles. The van der Waals surface area contributed by atoms with E-state index in [-0.39, 0.29) is 0 Å². The van der Waals surface area contributed by atoms with Gasteiger partial charge in [0.15, 0.2) is 5.65 Å². The van der Waals surface area contributed by atoms with Crippen molar-refractivity contribution in [2.24, 2.45) is 0 Å². The minimum absolute atomic E-state index is 0.820. The quantitative estimate of drug-likeness (QED) is 0.703. The molecule has 3 heteroatoms. The van der Waals surface area contributed by atoms with Crippen LogP contribution in [-0.2, 0) is 0 Å². The number of hydrogen-bond acceptors (Lipinski definition) is 2. The highest BCUT2D eigenvalue weighted by Crippen LogP contribution is 2.25. The molecule has 2 aromatic heterocycles. The predicted molar refractivity (Wildman–Crippen MR) is 56.7 cm³/mol. The van der Waals surface area contributed by atoms with Gasteiger partial charge >= 0.3 is 0 Å². The second-order valence-electron chi connectivity index (χ2n) is 3.01. The summed E-state index contributed by atoms with van der Waals surface area (Å²) in [7, 11) is 0. The number of hydrogen-bond donors (Lipinski definition) is 0. The third kappa shape index (κ3) is 1.33. The Labute approximate surface area is 85.1 Å². The van der Waals surface area contributed by atoms with E-state index in [4.69, 9.17) is 0 Å². The van der Waals surface area contributed by atoms with Crippen molar-refractivity contribution in [3.63, 3.8) is 0 Å². The molecule has 0 aliphatic heterocycles. The summed E-state index contributed by atoms with van der Waals surface area (Å²) in [5, 5.41) is 1.11. The second kappa shape index (κ2) is 3.07. The fourth-order valence-corrected chi connectivity index (χ4v) is 1.68. The molecule has 0 amide bonds.